The maximum absolute atomic E-state index is 11.5. The number of carbonyl (C=O) groups excluding carboxylic acids is 1. The van der Waals surface area contributed by atoms with Crippen LogP contribution in [0.4, 0.5) is 0 Å². The molecule has 0 aliphatic heterocycles. The Hall–Kier alpha value is -0.890. The largest absolute Gasteiger partial charge is 0.392 e. The standard InChI is InChI=1S/C14H20O2/c1-9(2)10-6-11-8-12(15)4-5-14(11,3)13(16)7-10/h8,10,13,16H,1,4-7H2,2-3H3/t10-,13-,14-/m0/s1. The fourth-order valence-electron chi connectivity index (χ4n) is 2.90. The van der Waals surface area contributed by atoms with Crippen molar-refractivity contribution >= 4 is 5.78 Å². The van der Waals surface area contributed by atoms with Crippen molar-refractivity contribution in [3.05, 3.63) is 23.8 Å². The molecule has 0 unspecified atom stereocenters. The molecule has 2 aliphatic carbocycles. The molecule has 0 aromatic rings. The molecule has 2 rings (SSSR count). The van der Waals surface area contributed by atoms with Gasteiger partial charge in [-0.15, -0.1) is 0 Å². The van der Waals surface area contributed by atoms with E-state index in [1.54, 1.807) is 6.08 Å². The number of hydrogen-bond acceptors (Lipinski definition) is 2. The number of carbonyl (C=O) groups is 1. The van der Waals surface area contributed by atoms with Crippen molar-refractivity contribution in [1.82, 2.24) is 0 Å². The zero-order chi connectivity index (χ0) is 11.9. The minimum Gasteiger partial charge on any atom is -0.392 e. The van der Waals surface area contributed by atoms with Gasteiger partial charge in [-0.25, -0.2) is 0 Å². The van der Waals surface area contributed by atoms with Gasteiger partial charge in [0.25, 0.3) is 0 Å². The van der Waals surface area contributed by atoms with Crippen LogP contribution in [0.25, 0.3) is 0 Å². The first-order valence-corrected chi connectivity index (χ1v) is 6.01. The number of fused-ring (bicyclic) bond motifs is 1. The van der Waals surface area contributed by atoms with Crippen molar-refractivity contribution < 1.29 is 9.90 Å². The third-order valence-corrected chi connectivity index (χ3v) is 4.37. The number of allylic oxidation sites excluding steroid dienone is 2. The van der Waals surface area contributed by atoms with Crippen LogP contribution in [0.1, 0.15) is 39.5 Å². The second kappa shape index (κ2) is 3.85. The Morgan fingerprint density at radius 1 is 1.62 bits per heavy atom. The van der Waals surface area contributed by atoms with Crippen LogP contribution in [0.15, 0.2) is 23.8 Å². The van der Waals surface area contributed by atoms with E-state index >= 15 is 0 Å². The number of aliphatic hydroxyl groups is 1. The molecular weight excluding hydrogens is 200 g/mol. The SMILES string of the molecule is C=C(C)[C@H]1CC2=CC(=O)CC[C@]2(C)[C@@H](O)C1. The van der Waals surface area contributed by atoms with Gasteiger partial charge in [0.1, 0.15) is 0 Å². The summed E-state index contributed by atoms with van der Waals surface area (Å²) in [5, 5.41) is 10.3. The van der Waals surface area contributed by atoms with Crippen molar-refractivity contribution in [2.75, 3.05) is 0 Å². The predicted molar refractivity (Wildman–Crippen MR) is 64.0 cm³/mol. The van der Waals surface area contributed by atoms with Crippen molar-refractivity contribution in [2.24, 2.45) is 11.3 Å². The van der Waals surface area contributed by atoms with Crippen molar-refractivity contribution in [1.29, 1.82) is 0 Å². The van der Waals surface area contributed by atoms with Crippen LogP contribution in [-0.4, -0.2) is 17.0 Å². The molecule has 0 aromatic heterocycles. The van der Waals surface area contributed by atoms with Crippen LogP contribution in [0.5, 0.6) is 0 Å². The molecule has 1 N–H and O–H groups in total. The number of rotatable bonds is 1. The highest BCUT2D eigenvalue weighted by molar-refractivity contribution is 5.91. The van der Waals surface area contributed by atoms with E-state index < -0.39 is 0 Å². The summed E-state index contributed by atoms with van der Waals surface area (Å²) in [5.41, 5.74) is 2.08. The monoisotopic (exact) mass is 220 g/mol. The first-order chi connectivity index (χ1) is 7.43. The fraction of sp³-hybridized carbons (Fsp3) is 0.643. The number of aliphatic hydroxyl groups excluding tert-OH is 1. The summed E-state index contributed by atoms with van der Waals surface area (Å²) < 4.78 is 0. The summed E-state index contributed by atoms with van der Waals surface area (Å²) in [6.07, 6.45) is 4.49. The second-order valence-corrected chi connectivity index (χ2v) is 5.55. The van der Waals surface area contributed by atoms with Gasteiger partial charge in [-0.05, 0) is 38.2 Å². The van der Waals surface area contributed by atoms with Gasteiger partial charge in [0.2, 0.25) is 0 Å². The molecular formula is C14H20O2. The lowest BCUT2D eigenvalue weighted by Gasteiger charge is -2.46. The van der Waals surface area contributed by atoms with E-state index in [9.17, 15) is 9.90 Å². The highest BCUT2D eigenvalue weighted by Gasteiger charge is 2.44. The highest BCUT2D eigenvalue weighted by Crippen LogP contribution is 2.49. The van der Waals surface area contributed by atoms with Crippen LogP contribution < -0.4 is 0 Å². The van der Waals surface area contributed by atoms with E-state index in [4.69, 9.17) is 0 Å². The lowest BCUT2D eigenvalue weighted by molar-refractivity contribution is -0.116. The third-order valence-electron chi connectivity index (χ3n) is 4.37. The molecule has 0 saturated heterocycles. The van der Waals surface area contributed by atoms with Gasteiger partial charge in [-0.3, -0.25) is 4.79 Å². The van der Waals surface area contributed by atoms with Crippen LogP contribution >= 0.6 is 0 Å². The van der Waals surface area contributed by atoms with Crippen LogP contribution in [0.3, 0.4) is 0 Å². The number of ketones is 1. The summed E-state index contributed by atoms with van der Waals surface area (Å²) in [7, 11) is 0. The van der Waals surface area contributed by atoms with Crippen LogP contribution in [0, 0.1) is 11.3 Å². The van der Waals surface area contributed by atoms with Gasteiger partial charge < -0.3 is 5.11 Å². The predicted octanol–water partition coefficient (Wildman–Crippen LogP) is 2.63. The third kappa shape index (κ3) is 1.75. The Morgan fingerprint density at radius 2 is 2.31 bits per heavy atom. The van der Waals surface area contributed by atoms with Gasteiger partial charge in [0, 0.05) is 11.8 Å². The maximum Gasteiger partial charge on any atom is 0.155 e. The Bertz CT molecular complexity index is 367. The van der Waals surface area contributed by atoms with E-state index in [1.165, 1.54) is 0 Å². The van der Waals surface area contributed by atoms with Gasteiger partial charge in [0.15, 0.2) is 5.78 Å². The molecule has 2 heteroatoms. The van der Waals surface area contributed by atoms with Gasteiger partial charge in [-0.2, -0.15) is 0 Å². The zero-order valence-corrected chi connectivity index (χ0v) is 10.1. The number of hydrogen-bond donors (Lipinski definition) is 1. The molecule has 16 heavy (non-hydrogen) atoms. The van der Waals surface area contributed by atoms with E-state index in [1.807, 2.05) is 6.92 Å². The summed E-state index contributed by atoms with van der Waals surface area (Å²) >= 11 is 0. The zero-order valence-electron chi connectivity index (χ0n) is 10.1. The first-order valence-electron chi connectivity index (χ1n) is 6.01. The quantitative estimate of drug-likeness (QED) is 0.690. The van der Waals surface area contributed by atoms with Gasteiger partial charge in [0.05, 0.1) is 6.10 Å². The van der Waals surface area contributed by atoms with Crippen molar-refractivity contribution in [2.45, 2.75) is 45.6 Å². The van der Waals surface area contributed by atoms with Crippen LogP contribution in [-0.2, 0) is 4.79 Å². The molecule has 0 heterocycles. The molecule has 3 atom stereocenters. The molecule has 88 valence electrons. The fourth-order valence-corrected chi connectivity index (χ4v) is 2.90. The average Bonchev–Trinajstić information content (AvgIpc) is 2.21. The Balaban J connectivity index is 2.32. The Labute approximate surface area is 97.0 Å². The minimum atomic E-state index is -0.331. The first kappa shape index (κ1) is 11.6. The molecule has 0 aromatic carbocycles. The van der Waals surface area contributed by atoms with E-state index in [2.05, 4.69) is 13.5 Å². The Kier molecular flexibility index (Phi) is 2.79. The lowest BCUT2D eigenvalue weighted by atomic mass is 9.61. The van der Waals surface area contributed by atoms with E-state index in [0.29, 0.717) is 12.3 Å². The molecule has 2 nitrogen and oxygen atoms in total. The normalized spacial score (nSPS) is 38.9. The van der Waals surface area contributed by atoms with E-state index in [0.717, 1.165) is 30.4 Å². The molecule has 0 radical (unpaired) electrons. The summed E-state index contributed by atoms with van der Waals surface area (Å²) in [6.45, 7) is 8.06. The highest BCUT2D eigenvalue weighted by atomic mass is 16.3. The molecule has 2 aliphatic rings. The smallest absolute Gasteiger partial charge is 0.155 e. The summed E-state index contributed by atoms with van der Waals surface area (Å²) in [6, 6.07) is 0. The minimum absolute atomic E-state index is 0.167. The van der Waals surface area contributed by atoms with Gasteiger partial charge >= 0.3 is 0 Å². The molecule has 1 fully saturated rings. The maximum atomic E-state index is 11.5. The molecule has 1 saturated carbocycles. The van der Waals surface area contributed by atoms with Gasteiger partial charge in [-0.1, -0.05) is 24.6 Å². The van der Waals surface area contributed by atoms with Crippen LogP contribution in [0.2, 0.25) is 0 Å². The molecule has 0 spiro atoms. The molecule has 0 amide bonds. The summed E-state index contributed by atoms with van der Waals surface area (Å²) in [4.78, 5) is 11.5. The second-order valence-electron chi connectivity index (χ2n) is 5.55. The van der Waals surface area contributed by atoms with Crippen molar-refractivity contribution in [3.63, 3.8) is 0 Å². The topological polar surface area (TPSA) is 37.3 Å². The molecule has 0 bridgehead atoms. The average molecular weight is 220 g/mol. The lowest BCUT2D eigenvalue weighted by Crippen LogP contribution is -2.43. The van der Waals surface area contributed by atoms with Crippen molar-refractivity contribution in [3.8, 4) is 0 Å². The Morgan fingerprint density at radius 3 is 2.94 bits per heavy atom. The summed E-state index contributed by atoms with van der Waals surface area (Å²) in [5.74, 6) is 0.544. The van der Waals surface area contributed by atoms with E-state index in [-0.39, 0.29) is 17.3 Å².